The third kappa shape index (κ3) is 5.68. The summed E-state index contributed by atoms with van der Waals surface area (Å²) in [5, 5.41) is 11.1. The van der Waals surface area contributed by atoms with Crippen molar-refractivity contribution in [2.45, 2.75) is 45.1 Å². The van der Waals surface area contributed by atoms with Crippen molar-refractivity contribution in [1.29, 1.82) is 0 Å². The number of Topliss-reactive ketones (excluding diaryl/α,β-unsaturated/α-hetero) is 1. The number of nitrogens with one attached hydrogen (secondary N) is 1. The molecule has 1 atom stereocenters. The van der Waals surface area contributed by atoms with Crippen molar-refractivity contribution in [3.8, 4) is 0 Å². The second-order valence-electron chi connectivity index (χ2n) is 6.52. The second kappa shape index (κ2) is 9.12. The molecule has 0 spiro atoms. The Morgan fingerprint density at radius 2 is 1.88 bits per heavy atom. The van der Waals surface area contributed by atoms with E-state index in [0.29, 0.717) is 6.54 Å². The summed E-state index contributed by atoms with van der Waals surface area (Å²) in [6.45, 7) is 2.21. The van der Waals surface area contributed by atoms with Crippen molar-refractivity contribution in [2.24, 2.45) is 0 Å². The van der Waals surface area contributed by atoms with Gasteiger partial charge in [-0.1, -0.05) is 24.3 Å². The Hall–Kier alpha value is -2.70. The number of likely N-dealkylation sites (tertiary alicyclic amines) is 1. The van der Waals surface area contributed by atoms with E-state index < -0.39 is 5.97 Å². The number of amides is 2. The molecule has 1 aliphatic rings. The minimum Gasteiger partial charge on any atom is -0.481 e. The zero-order chi connectivity index (χ0) is 19.1. The third-order valence-electron chi connectivity index (χ3n) is 4.41. The number of ketones is 1. The first-order valence-electron chi connectivity index (χ1n) is 8.73. The molecular weight excluding hydrogens is 336 g/mol. The third-order valence-corrected chi connectivity index (χ3v) is 4.41. The van der Waals surface area contributed by atoms with Crippen LogP contribution in [0.3, 0.4) is 0 Å². The summed E-state index contributed by atoms with van der Waals surface area (Å²) >= 11 is 0. The van der Waals surface area contributed by atoms with Crippen LogP contribution in [0.5, 0.6) is 0 Å². The standard InChI is InChI=1S/C19H24N2O5/c1-13(22)16-6-3-9-21(16)18(24)12-15-5-2-4-14(10-15)11-17(23)20-8-7-19(25)26/h2,4-5,10,16H,3,6-9,11-12H2,1H3,(H,20,23)(H,25,26). The summed E-state index contributed by atoms with van der Waals surface area (Å²) < 4.78 is 0. The Labute approximate surface area is 152 Å². The van der Waals surface area contributed by atoms with E-state index in [-0.39, 0.29) is 49.4 Å². The fourth-order valence-electron chi connectivity index (χ4n) is 3.17. The van der Waals surface area contributed by atoms with Gasteiger partial charge < -0.3 is 15.3 Å². The van der Waals surface area contributed by atoms with Crippen LogP contribution in [0, 0.1) is 0 Å². The highest BCUT2D eigenvalue weighted by Gasteiger charge is 2.31. The molecule has 7 nitrogen and oxygen atoms in total. The Bertz CT molecular complexity index is 701. The van der Waals surface area contributed by atoms with E-state index in [1.165, 1.54) is 6.92 Å². The molecule has 1 aliphatic heterocycles. The normalized spacial score (nSPS) is 16.3. The molecule has 0 saturated carbocycles. The summed E-state index contributed by atoms with van der Waals surface area (Å²) in [5.74, 6) is -1.28. The lowest BCUT2D eigenvalue weighted by Crippen LogP contribution is -2.40. The van der Waals surface area contributed by atoms with Crippen molar-refractivity contribution >= 4 is 23.6 Å². The number of nitrogens with zero attached hydrogens (tertiary/aromatic N) is 1. The number of hydrogen-bond acceptors (Lipinski definition) is 4. The summed E-state index contributed by atoms with van der Waals surface area (Å²) in [5.41, 5.74) is 1.55. The molecule has 7 heteroatoms. The fourth-order valence-corrected chi connectivity index (χ4v) is 3.17. The van der Waals surface area contributed by atoms with E-state index in [2.05, 4.69) is 5.32 Å². The van der Waals surface area contributed by atoms with Crippen LogP contribution in [0.15, 0.2) is 24.3 Å². The van der Waals surface area contributed by atoms with Crippen LogP contribution in [-0.4, -0.2) is 52.7 Å². The number of rotatable bonds is 8. The van der Waals surface area contributed by atoms with Crippen molar-refractivity contribution in [3.63, 3.8) is 0 Å². The number of carbonyl (C=O) groups excluding carboxylic acids is 3. The largest absolute Gasteiger partial charge is 0.481 e. The lowest BCUT2D eigenvalue weighted by molar-refractivity contribution is -0.137. The summed E-state index contributed by atoms with van der Waals surface area (Å²) in [4.78, 5) is 48.1. The SMILES string of the molecule is CC(=O)C1CCCN1C(=O)Cc1cccc(CC(=O)NCCC(=O)O)c1. The molecule has 26 heavy (non-hydrogen) atoms. The maximum Gasteiger partial charge on any atom is 0.305 e. The molecule has 0 bridgehead atoms. The topological polar surface area (TPSA) is 104 Å². The van der Waals surface area contributed by atoms with Crippen LogP contribution in [-0.2, 0) is 32.0 Å². The maximum atomic E-state index is 12.5. The number of carboxylic acids is 1. The van der Waals surface area contributed by atoms with Gasteiger partial charge in [0.25, 0.3) is 0 Å². The molecule has 1 fully saturated rings. The van der Waals surface area contributed by atoms with Gasteiger partial charge in [0.2, 0.25) is 11.8 Å². The molecule has 1 heterocycles. The zero-order valence-electron chi connectivity index (χ0n) is 14.9. The minimum atomic E-state index is -0.961. The lowest BCUT2D eigenvalue weighted by atomic mass is 10.0. The highest BCUT2D eigenvalue weighted by Crippen LogP contribution is 2.19. The van der Waals surface area contributed by atoms with Gasteiger partial charge in [-0.25, -0.2) is 0 Å². The van der Waals surface area contributed by atoms with E-state index in [9.17, 15) is 19.2 Å². The minimum absolute atomic E-state index is 0.0163. The van der Waals surface area contributed by atoms with Gasteiger partial charge in [-0.2, -0.15) is 0 Å². The van der Waals surface area contributed by atoms with Crippen molar-refractivity contribution < 1.29 is 24.3 Å². The number of carboxylic acid groups (broad SMARTS) is 1. The Morgan fingerprint density at radius 3 is 2.54 bits per heavy atom. The fraction of sp³-hybridized carbons (Fsp3) is 0.474. The van der Waals surface area contributed by atoms with Crippen LogP contribution in [0.2, 0.25) is 0 Å². The highest BCUT2D eigenvalue weighted by atomic mass is 16.4. The van der Waals surface area contributed by atoms with Gasteiger partial charge >= 0.3 is 5.97 Å². The molecule has 0 radical (unpaired) electrons. The molecule has 1 aromatic carbocycles. The zero-order valence-corrected chi connectivity index (χ0v) is 14.9. The smallest absolute Gasteiger partial charge is 0.305 e. The number of benzene rings is 1. The predicted molar refractivity (Wildman–Crippen MR) is 94.5 cm³/mol. The Kier molecular flexibility index (Phi) is 6.89. The van der Waals surface area contributed by atoms with Crippen LogP contribution in [0.1, 0.15) is 37.3 Å². The average Bonchev–Trinajstić information content (AvgIpc) is 3.04. The van der Waals surface area contributed by atoms with Gasteiger partial charge in [-0.3, -0.25) is 19.2 Å². The first-order valence-corrected chi connectivity index (χ1v) is 8.73. The molecule has 140 valence electrons. The van der Waals surface area contributed by atoms with E-state index in [0.717, 1.165) is 24.0 Å². The van der Waals surface area contributed by atoms with Crippen molar-refractivity contribution in [3.05, 3.63) is 35.4 Å². The van der Waals surface area contributed by atoms with Gasteiger partial charge in [-0.15, -0.1) is 0 Å². The quantitative estimate of drug-likeness (QED) is 0.718. The van der Waals surface area contributed by atoms with Crippen LogP contribution in [0.4, 0.5) is 0 Å². The first-order chi connectivity index (χ1) is 12.4. The van der Waals surface area contributed by atoms with Crippen molar-refractivity contribution in [1.82, 2.24) is 10.2 Å². The number of carbonyl (C=O) groups is 4. The molecule has 1 unspecified atom stereocenters. The molecule has 1 saturated heterocycles. The highest BCUT2D eigenvalue weighted by molar-refractivity contribution is 5.89. The van der Waals surface area contributed by atoms with Crippen LogP contribution >= 0.6 is 0 Å². The van der Waals surface area contributed by atoms with E-state index in [1.54, 1.807) is 23.1 Å². The van der Waals surface area contributed by atoms with Gasteiger partial charge in [0.05, 0.1) is 25.3 Å². The van der Waals surface area contributed by atoms with Crippen LogP contribution in [0.25, 0.3) is 0 Å². The van der Waals surface area contributed by atoms with Gasteiger partial charge in [0, 0.05) is 13.1 Å². The van der Waals surface area contributed by atoms with Gasteiger partial charge in [0.15, 0.2) is 5.78 Å². The van der Waals surface area contributed by atoms with E-state index >= 15 is 0 Å². The van der Waals surface area contributed by atoms with E-state index in [1.807, 2.05) is 6.07 Å². The monoisotopic (exact) mass is 360 g/mol. The van der Waals surface area contributed by atoms with Gasteiger partial charge in [0.1, 0.15) is 0 Å². The molecule has 2 rings (SSSR count). The molecule has 0 aromatic heterocycles. The lowest BCUT2D eigenvalue weighted by Gasteiger charge is -2.22. The maximum absolute atomic E-state index is 12.5. The summed E-state index contributed by atoms with van der Waals surface area (Å²) in [6, 6.07) is 6.88. The molecule has 2 N–H and O–H groups in total. The number of hydrogen-bond donors (Lipinski definition) is 2. The van der Waals surface area contributed by atoms with E-state index in [4.69, 9.17) is 5.11 Å². The molecular formula is C19H24N2O5. The second-order valence-corrected chi connectivity index (χ2v) is 6.52. The number of aliphatic carboxylic acids is 1. The summed E-state index contributed by atoms with van der Waals surface area (Å²) in [7, 11) is 0. The Morgan fingerprint density at radius 1 is 1.19 bits per heavy atom. The Balaban J connectivity index is 1.92. The molecule has 0 aliphatic carbocycles. The van der Waals surface area contributed by atoms with Gasteiger partial charge in [-0.05, 0) is 30.9 Å². The first kappa shape index (κ1) is 19.6. The van der Waals surface area contributed by atoms with Crippen molar-refractivity contribution in [2.75, 3.05) is 13.1 Å². The molecule has 2 amide bonds. The summed E-state index contributed by atoms with van der Waals surface area (Å²) in [6.07, 6.45) is 1.76. The molecule has 1 aromatic rings. The average molecular weight is 360 g/mol. The van der Waals surface area contributed by atoms with Crippen LogP contribution < -0.4 is 5.32 Å². The predicted octanol–water partition coefficient (Wildman–Crippen LogP) is 0.943.